The lowest BCUT2D eigenvalue weighted by molar-refractivity contribution is 0.102. The van der Waals surface area contributed by atoms with Crippen LogP contribution in [0.15, 0.2) is 66.9 Å². The van der Waals surface area contributed by atoms with Gasteiger partial charge in [0.15, 0.2) is 0 Å². The highest BCUT2D eigenvalue weighted by atomic mass is 35.5. The molecule has 0 aliphatic carbocycles. The molecule has 31 heavy (non-hydrogen) atoms. The summed E-state index contributed by atoms with van der Waals surface area (Å²) in [7, 11) is 0. The molecule has 2 heterocycles. The van der Waals surface area contributed by atoms with Gasteiger partial charge in [-0.3, -0.25) is 9.89 Å². The molecule has 0 aliphatic rings. The molecule has 0 saturated carbocycles. The summed E-state index contributed by atoms with van der Waals surface area (Å²) < 4.78 is 5.71. The first kappa shape index (κ1) is 20.1. The molecule has 2 aromatic heterocycles. The number of halogens is 1. The number of carbonyl (C=O) groups is 1. The molecule has 4 rings (SSSR count). The van der Waals surface area contributed by atoms with E-state index in [2.05, 4.69) is 20.5 Å². The van der Waals surface area contributed by atoms with E-state index in [4.69, 9.17) is 21.6 Å². The van der Waals surface area contributed by atoms with Gasteiger partial charge < -0.3 is 10.1 Å². The van der Waals surface area contributed by atoms with Crippen LogP contribution in [0.1, 0.15) is 21.6 Å². The van der Waals surface area contributed by atoms with Crippen molar-refractivity contribution in [3.63, 3.8) is 0 Å². The Morgan fingerprint density at radius 1 is 1.16 bits per heavy atom. The molecule has 0 unspecified atom stereocenters. The van der Waals surface area contributed by atoms with Crippen LogP contribution in [0.4, 0.5) is 5.69 Å². The third-order valence-corrected chi connectivity index (χ3v) is 4.73. The lowest BCUT2D eigenvalue weighted by Gasteiger charge is -2.11. The fourth-order valence-corrected chi connectivity index (χ4v) is 3.12. The van der Waals surface area contributed by atoms with Crippen molar-refractivity contribution >= 4 is 23.2 Å². The van der Waals surface area contributed by atoms with E-state index in [0.29, 0.717) is 33.4 Å². The van der Waals surface area contributed by atoms with E-state index in [9.17, 15) is 4.79 Å². The van der Waals surface area contributed by atoms with E-state index < -0.39 is 0 Å². The van der Waals surface area contributed by atoms with Gasteiger partial charge in [0, 0.05) is 22.5 Å². The van der Waals surface area contributed by atoms with Gasteiger partial charge in [-0.25, -0.2) is 4.98 Å². The number of H-pyrrole nitrogens is 1. The Balaban J connectivity index is 1.48. The van der Waals surface area contributed by atoms with Crippen molar-refractivity contribution in [1.82, 2.24) is 15.2 Å². The van der Waals surface area contributed by atoms with E-state index in [0.717, 1.165) is 11.1 Å². The second-order valence-electron chi connectivity index (χ2n) is 6.68. The number of hydrogen-bond donors (Lipinski definition) is 2. The average molecular weight is 430 g/mol. The minimum absolute atomic E-state index is 0.229. The monoisotopic (exact) mass is 429 g/mol. The quantitative estimate of drug-likeness (QED) is 0.445. The van der Waals surface area contributed by atoms with E-state index in [1.807, 2.05) is 25.1 Å². The molecule has 8 heteroatoms. The van der Waals surface area contributed by atoms with Gasteiger partial charge in [0.2, 0.25) is 5.88 Å². The summed E-state index contributed by atoms with van der Waals surface area (Å²) in [4.78, 5) is 16.7. The summed E-state index contributed by atoms with van der Waals surface area (Å²) in [6, 6.07) is 19.4. The normalized spacial score (nSPS) is 10.4. The van der Waals surface area contributed by atoms with E-state index in [1.54, 1.807) is 54.7 Å². The number of aryl methyl sites for hydroxylation is 1. The number of benzene rings is 2. The van der Waals surface area contributed by atoms with Crippen LogP contribution in [0, 0.1) is 18.3 Å². The smallest absolute Gasteiger partial charge is 0.273 e. The largest absolute Gasteiger partial charge is 0.438 e. The van der Waals surface area contributed by atoms with Crippen molar-refractivity contribution in [2.24, 2.45) is 0 Å². The number of aromatic nitrogens is 3. The molecule has 0 saturated heterocycles. The molecule has 0 fully saturated rings. The molecular formula is C23H16ClN5O2. The van der Waals surface area contributed by atoms with Crippen LogP contribution in [0.3, 0.4) is 0 Å². The fourth-order valence-electron chi connectivity index (χ4n) is 2.93. The number of anilines is 1. The summed E-state index contributed by atoms with van der Waals surface area (Å²) in [5, 5.41) is 19.6. The molecular weight excluding hydrogens is 414 g/mol. The van der Waals surface area contributed by atoms with Crippen LogP contribution < -0.4 is 10.1 Å². The van der Waals surface area contributed by atoms with Crippen molar-refractivity contribution in [2.45, 2.75) is 6.92 Å². The van der Waals surface area contributed by atoms with Crippen molar-refractivity contribution in [2.75, 3.05) is 5.32 Å². The highest BCUT2D eigenvalue weighted by Gasteiger charge is 2.13. The molecule has 0 atom stereocenters. The predicted molar refractivity (Wildman–Crippen MR) is 117 cm³/mol. The molecule has 7 nitrogen and oxygen atoms in total. The van der Waals surface area contributed by atoms with Gasteiger partial charge in [-0.05, 0) is 61.0 Å². The van der Waals surface area contributed by atoms with Gasteiger partial charge in [0.05, 0.1) is 5.69 Å². The van der Waals surface area contributed by atoms with E-state index in [-0.39, 0.29) is 11.8 Å². The van der Waals surface area contributed by atoms with Crippen molar-refractivity contribution in [1.29, 1.82) is 5.26 Å². The number of hydrogen-bond acceptors (Lipinski definition) is 5. The molecule has 0 aliphatic heterocycles. The van der Waals surface area contributed by atoms with Crippen molar-refractivity contribution in [3.8, 4) is 29.0 Å². The summed E-state index contributed by atoms with van der Waals surface area (Å²) >= 11 is 6.02. The van der Waals surface area contributed by atoms with Crippen LogP contribution in [-0.2, 0) is 0 Å². The van der Waals surface area contributed by atoms with Gasteiger partial charge in [0.1, 0.15) is 23.1 Å². The Hall–Kier alpha value is -4.15. The third-order valence-electron chi connectivity index (χ3n) is 4.50. The van der Waals surface area contributed by atoms with Gasteiger partial charge in [-0.2, -0.15) is 10.4 Å². The van der Waals surface area contributed by atoms with Crippen LogP contribution in [0.25, 0.3) is 11.3 Å². The summed E-state index contributed by atoms with van der Waals surface area (Å²) in [5.74, 6) is 0.414. The van der Waals surface area contributed by atoms with E-state index >= 15 is 0 Å². The first-order chi connectivity index (χ1) is 15.0. The number of amides is 1. The zero-order chi connectivity index (χ0) is 21.8. The van der Waals surface area contributed by atoms with Crippen LogP contribution >= 0.6 is 11.6 Å². The lowest BCUT2D eigenvalue weighted by Crippen LogP contribution is -2.13. The minimum Gasteiger partial charge on any atom is -0.438 e. The van der Waals surface area contributed by atoms with Crippen LogP contribution in [0.5, 0.6) is 11.6 Å². The summed E-state index contributed by atoms with van der Waals surface area (Å²) in [6.45, 7) is 1.84. The standard InChI is InChI=1S/C23H16ClN5O2/c1-14-10-18(31-23-16(13-25)5-3-9-26-23)7-8-19(14)27-22(30)21-12-20(28-29-21)15-4-2-6-17(24)11-15/h2-12H,1H3,(H,27,30)(H,28,29). The second kappa shape index (κ2) is 8.69. The molecule has 0 spiro atoms. The van der Waals surface area contributed by atoms with Crippen molar-refractivity contribution in [3.05, 3.63) is 88.7 Å². The molecule has 0 bridgehead atoms. The summed E-state index contributed by atoms with van der Waals surface area (Å²) in [6.07, 6.45) is 1.56. The van der Waals surface area contributed by atoms with Crippen LogP contribution in [-0.4, -0.2) is 21.1 Å². The molecule has 4 aromatic rings. The topological polar surface area (TPSA) is 104 Å². The Kier molecular flexibility index (Phi) is 5.65. The zero-order valence-electron chi connectivity index (χ0n) is 16.4. The third kappa shape index (κ3) is 4.55. The first-order valence-electron chi connectivity index (χ1n) is 9.30. The number of ether oxygens (including phenoxy) is 1. The Bertz CT molecular complexity index is 1310. The second-order valence-corrected chi connectivity index (χ2v) is 7.11. The van der Waals surface area contributed by atoms with Gasteiger partial charge in [-0.15, -0.1) is 0 Å². The van der Waals surface area contributed by atoms with Gasteiger partial charge in [-0.1, -0.05) is 23.7 Å². The minimum atomic E-state index is -0.325. The van der Waals surface area contributed by atoms with Crippen molar-refractivity contribution < 1.29 is 9.53 Å². The maximum absolute atomic E-state index is 12.7. The van der Waals surface area contributed by atoms with Gasteiger partial charge in [0.25, 0.3) is 5.91 Å². The van der Waals surface area contributed by atoms with E-state index in [1.165, 1.54) is 0 Å². The molecule has 2 aromatic carbocycles. The summed E-state index contributed by atoms with van der Waals surface area (Å²) in [5.41, 5.74) is 3.50. The highest BCUT2D eigenvalue weighted by Crippen LogP contribution is 2.27. The number of nitriles is 1. The number of carbonyl (C=O) groups excluding carboxylic acids is 1. The number of nitrogens with one attached hydrogen (secondary N) is 2. The molecule has 1 amide bonds. The SMILES string of the molecule is Cc1cc(Oc2ncccc2C#N)ccc1NC(=O)c1cc(-c2cccc(Cl)c2)n[nH]1. The fraction of sp³-hybridized carbons (Fsp3) is 0.0435. The molecule has 152 valence electrons. The Labute approximate surface area is 183 Å². The maximum Gasteiger partial charge on any atom is 0.273 e. The van der Waals surface area contributed by atoms with Crippen LogP contribution in [0.2, 0.25) is 5.02 Å². The number of pyridine rings is 1. The zero-order valence-corrected chi connectivity index (χ0v) is 17.1. The molecule has 0 radical (unpaired) electrons. The number of rotatable bonds is 5. The Morgan fingerprint density at radius 3 is 2.81 bits per heavy atom. The maximum atomic E-state index is 12.7. The Morgan fingerprint density at radius 2 is 2.03 bits per heavy atom. The molecule has 2 N–H and O–H groups in total. The highest BCUT2D eigenvalue weighted by molar-refractivity contribution is 6.30. The first-order valence-corrected chi connectivity index (χ1v) is 9.67. The number of nitrogens with zero attached hydrogens (tertiary/aromatic N) is 3. The average Bonchev–Trinajstić information content (AvgIpc) is 3.27. The predicted octanol–water partition coefficient (Wildman–Crippen LogP) is 5.35. The van der Waals surface area contributed by atoms with Gasteiger partial charge >= 0.3 is 0 Å². The number of aromatic amines is 1. The lowest BCUT2D eigenvalue weighted by atomic mass is 10.1.